The molecule has 3 rings (SSSR count). The van der Waals surface area contributed by atoms with Crippen molar-refractivity contribution in [1.82, 2.24) is 4.90 Å². The van der Waals surface area contributed by atoms with Gasteiger partial charge in [0.1, 0.15) is 6.61 Å². The number of ether oxygens (including phenoxy) is 3. The molecule has 5 heteroatoms. The van der Waals surface area contributed by atoms with Crippen LogP contribution in [0.1, 0.15) is 24.5 Å². The first kappa shape index (κ1) is 20.0. The van der Waals surface area contributed by atoms with Crippen LogP contribution in [0.5, 0.6) is 11.5 Å². The summed E-state index contributed by atoms with van der Waals surface area (Å²) in [4.78, 5) is 2.47. The Bertz CT molecular complexity index is 699. The monoisotopic (exact) mass is 389 g/mol. The van der Waals surface area contributed by atoms with Gasteiger partial charge in [0.25, 0.3) is 0 Å². The Kier molecular flexibility index (Phi) is 7.81. The summed E-state index contributed by atoms with van der Waals surface area (Å²) in [5.41, 5.74) is 2.36. The summed E-state index contributed by atoms with van der Waals surface area (Å²) in [7, 11) is 0. The molecule has 0 saturated carbocycles. The predicted molar refractivity (Wildman–Crippen MR) is 109 cm³/mol. The summed E-state index contributed by atoms with van der Waals surface area (Å²) in [5.74, 6) is 1.60. The number of nitrogens with zero attached hydrogens (tertiary/aromatic N) is 1. The van der Waals surface area contributed by atoms with Crippen LogP contribution < -0.4 is 9.47 Å². The first-order valence-electron chi connectivity index (χ1n) is 9.67. The Morgan fingerprint density at radius 3 is 2.44 bits per heavy atom. The van der Waals surface area contributed by atoms with Gasteiger partial charge in [0.15, 0.2) is 11.5 Å². The second-order valence-corrected chi connectivity index (χ2v) is 7.12. The minimum Gasteiger partial charge on any atom is -0.490 e. The van der Waals surface area contributed by atoms with Crippen molar-refractivity contribution in [2.45, 2.75) is 26.4 Å². The molecule has 0 aliphatic carbocycles. The molecule has 1 saturated heterocycles. The van der Waals surface area contributed by atoms with Crippen molar-refractivity contribution in [2.24, 2.45) is 0 Å². The Morgan fingerprint density at radius 1 is 0.963 bits per heavy atom. The molecule has 1 aliphatic heterocycles. The van der Waals surface area contributed by atoms with Crippen molar-refractivity contribution in [2.75, 3.05) is 39.5 Å². The number of halogens is 1. The molecule has 0 aromatic heterocycles. The minimum absolute atomic E-state index is 0.494. The maximum absolute atomic E-state index is 5.98. The largest absolute Gasteiger partial charge is 0.490 e. The van der Waals surface area contributed by atoms with Crippen molar-refractivity contribution >= 4 is 11.6 Å². The molecule has 4 nitrogen and oxygen atoms in total. The minimum atomic E-state index is 0.494. The molecular formula is C22H28ClNO3. The summed E-state index contributed by atoms with van der Waals surface area (Å²) < 4.78 is 17.2. The number of hydrogen-bond acceptors (Lipinski definition) is 4. The van der Waals surface area contributed by atoms with E-state index in [9.17, 15) is 0 Å². The molecule has 1 heterocycles. The molecule has 2 aromatic carbocycles. The van der Waals surface area contributed by atoms with E-state index in [0.717, 1.165) is 67.8 Å². The summed E-state index contributed by atoms with van der Waals surface area (Å²) in [5, 5.41) is 0.732. The first-order valence-corrected chi connectivity index (χ1v) is 10.1. The maximum atomic E-state index is 5.98. The van der Waals surface area contributed by atoms with E-state index in [2.05, 4.69) is 17.0 Å². The molecule has 0 spiro atoms. The number of morpholine rings is 1. The number of aryl methyl sites for hydroxylation is 1. The van der Waals surface area contributed by atoms with Crippen LogP contribution in [0, 0.1) is 0 Å². The van der Waals surface area contributed by atoms with Gasteiger partial charge in [-0.1, -0.05) is 29.8 Å². The van der Waals surface area contributed by atoms with Gasteiger partial charge in [0.2, 0.25) is 0 Å². The number of hydrogen-bond donors (Lipinski definition) is 0. The molecular weight excluding hydrogens is 362 g/mol. The zero-order chi connectivity index (χ0) is 18.9. The average Bonchev–Trinajstić information content (AvgIpc) is 2.70. The zero-order valence-corrected chi connectivity index (χ0v) is 16.7. The van der Waals surface area contributed by atoms with Crippen molar-refractivity contribution in [3.05, 3.63) is 58.6 Å². The summed E-state index contributed by atoms with van der Waals surface area (Å²) in [6, 6.07) is 14.0. The molecule has 0 atom stereocenters. The Morgan fingerprint density at radius 2 is 1.70 bits per heavy atom. The molecule has 27 heavy (non-hydrogen) atoms. The molecule has 0 amide bonds. The average molecular weight is 390 g/mol. The van der Waals surface area contributed by atoms with E-state index in [-0.39, 0.29) is 0 Å². The molecule has 0 N–H and O–H groups in total. The van der Waals surface area contributed by atoms with Crippen LogP contribution >= 0.6 is 11.6 Å². The van der Waals surface area contributed by atoms with Gasteiger partial charge >= 0.3 is 0 Å². The summed E-state index contributed by atoms with van der Waals surface area (Å²) in [6.45, 7) is 8.02. The predicted octanol–water partition coefficient (Wildman–Crippen LogP) is 4.58. The second-order valence-electron chi connectivity index (χ2n) is 6.69. The first-order chi connectivity index (χ1) is 13.2. The van der Waals surface area contributed by atoms with Crippen LogP contribution in [0.3, 0.4) is 0 Å². The van der Waals surface area contributed by atoms with Crippen molar-refractivity contribution in [3.63, 3.8) is 0 Å². The van der Waals surface area contributed by atoms with Crippen molar-refractivity contribution in [3.8, 4) is 11.5 Å². The van der Waals surface area contributed by atoms with Gasteiger partial charge in [-0.05, 0) is 61.7 Å². The number of rotatable bonds is 9. The lowest BCUT2D eigenvalue weighted by Crippen LogP contribution is -2.36. The summed E-state index contributed by atoms with van der Waals surface area (Å²) in [6.07, 6.45) is 2.17. The lowest BCUT2D eigenvalue weighted by molar-refractivity contribution is 0.0374. The topological polar surface area (TPSA) is 30.9 Å². The van der Waals surface area contributed by atoms with Gasteiger partial charge in [-0.2, -0.15) is 0 Å². The van der Waals surface area contributed by atoms with Crippen LogP contribution in [0.2, 0.25) is 5.02 Å². The zero-order valence-electron chi connectivity index (χ0n) is 16.0. The standard InChI is InChI=1S/C22H28ClNO3/c1-2-26-22-16-18(4-3-11-24-12-14-25-15-13-24)7-10-21(22)27-17-19-5-8-20(23)9-6-19/h5-10,16H,2-4,11-15,17H2,1H3. The van der Waals surface area contributed by atoms with Crippen LogP contribution in [-0.2, 0) is 17.8 Å². The van der Waals surface area contributed by atoms with Gasteiger partial charge in [-0.15, -0.1) is 0 Å². The normalized spacial score (nSPS) is 14.9. The third-order valence-corrected chi connectivity index (χ3v) is 4.91. The smallest absolute Gasteiger partial charge is 0.161 e. The Balaban J connectivity index is 1.55. The Hall–Kier alpha value is -1.75. The van der Waals surface area contributed by atoms with E-state index in [1.54, 1.807) is 0 Å². The second kappa shape index (κ2) is 10.5. The lowest BCUT2D eigenvalue weighted by Gasteiger charge is -2.26. The van der Waals surface area contributed by atoms with Gasteiger partial charge < -0.3 is 14.2 Å². The molecule has 0 unspecified atom stereocenters. The SMILES string of the molecule is CCOc1cc(CCCN2CCOCC2)ccc1OCc1ccc(Cl)cc1. The fourth-order valence-corrected chi connectivity index (χ4v) is 3.29. The molecule has 1 aliphatic rings. The highest BCUT2D eigenvalue weighted by Gasteiger charge is 2.11. The van der Waals surface area contributed by atoms with Crippen molar-refractivity contribution < 1.29 is 14.2 Å². The molecule has 0 bridgehead atoms. The van der Waals surface area contributed by atoms with Crippen LogP contribution in [-0.4, -0.2) is 44.4 Å². The van der Waals surface area contributed by atoms with E-state index < -0.39 is 0 Å². The molecule has 0 radical (unpaired) electrons. The highest BCUT2D eigenvalue weighted by molar-refractivity contribution is 6.30. The number of benzene rings is 2. The van der Waals surface area contributed by atoms with E-state index in [1.807, 2.05) is 37.3 Å². The Labute approximate surface area is 167 Å². The lowest BCUT2D eigenvalue weighted by atomic mass is 10.1. The fraction of sp³-hybridized carbons (Fsp3) is 0.455. The molecule has 146 valence electrons. The van der Waals surface area contributed by atoms with Gasteiger partial charge in [-0.3, -0.25) is 4.90 Å². The van der Waals surface area contributed by atoms with Crippen LogP contribution in [0.25, 0.3) is 0 Å². The van der Waals surface area contributed by atoms with Crippen LogP contribution in [0.15, 0.2) is 42.5 Å². The van der Waals surface area contributed by atoms with E-state index in [0.29, 0.717) is 13.2 Å². The highest BCUT2D eigenvalue weighted by Crippen LogP contribution is 2.30. The van der Waals surface area contributed by atoms with Gasteiger partial charge in [0, 0.05) is 18.1 Å². The molecule has 1 fully saturated rings. The van der Waals surface area contributed by atoms with E-state index in [1.165, 1.54) is 5.56 Å². The maximum Gasteiger partial charge on any atom is 0.161 e. The van der Waals surface area contributed by atoms with E-state index in [4.69, 9.17) is 25.8 Å². The fourth-order valence-electron chi connectivity index (χ4n) is 3.17. The summed E-state index contributed by atoms with van der Waals surface area (Å²) >= 11 is 5.93. The van der Waals surface area contributed by atoms with Gasteiger partial charge in [-0.25, -0.2) is 0 Å². The van der Waals surface area contributed by atoms with E-state index >= 15 is 0 Å². The third-order valence-electron chi connectivity index (χ3n) is 4.66. The van der Waals surface area contributed by atoms with Gasteiger partial charge in [0.05, 0.1) is 19.8 Å². The van der Waals surface area contributed by atoms with Crippen LogP contribution in [0.4, 0.5) is 0 Å². The quantitative estimate of drug-likeness (QED) is 0.628. The highest BCUT2D eigenvalue weighted by atomic mass is 35.5. The molecule has 2 aromatic rings. The third kappa shape index (κ3) is 6.42. The van der Waals surface area contributed by atoms with Crippen molar-refractivity contribution in [1.29, 1.82) is 0 Å².